The maximum Gasteiger partial charge on any atom is 0.111 e. The van der Waals surface area contributed by atoms with E-state index in [1.807, 2.05) is 6.20 Å². The SMILES string of the molecule is CC1(C)C[C@H](c2nccn2CCc2ccccc2)CCO1. The Morgan fingerprint density at radius 1 is 1.29 bits per heavy atom. The lowest BCUT2D eigenvalue weighted by molar-refractivity contribution is -0.0606. The zero-order chi connectivity index (χ0) is 14.7. The van der Waals surface area contributed by atoms with Gasteiger partial charge in [-0.25, -0.2) is 4.98 Å². The molecule has 0 unspecified atom stereocenters. The molecule has 1 atom stereocenters. The van der Waals surface area contributed by atoms with Crippen LogP contribution in [0.5, 0.6) is 0 Å². The Balaban J connectivity index is 1.69. The zero-order valence-corrected chi connectivity index (χ0v) is 13.0. The summed E-state index contributed by atoms with van der Waals surface area (Å²) in [5.74, 6) is 1.74. The number of benzene rings is 1. The molecule has 1 aliphatic heterocycles. The van der Waals surface area contributed by atoms with E-state index in [0.29, 0.717) is 5.92 Å². The molecule has 21 heavy (non-hydrogen) atoms. The third-order valence-electron chi connectivity index (χ3n) is 4.29. The van der Waals surface area contributed by atoms with Gasteiger partial charge in [-0.2, -0.15) is 0 Å². The van der Waals surface area contributed by atoms with E-state index in [1.54, 1.807) is 0 Å². The molecule has 2 aromatic rings. The Morgan fingerprint density at radius 2 is 2.10 bits per heavy atom. The smallest absolute Gasteiger partial charge is 0.111 e. The highest BCUT2D eigenvalue weighted by molar-refractivity contribution is 5.15. The first kappa shape index (κ1) is 14.3. The van der Waals surface area contributed by atoms with E-state index < -0.39 is 0 Å². The van der Waals surface area contributed by atoms with Crippen molar-refractivity contribution in [3.63, 3.8) is 0 Å². The minimum atomic E-state index is -0.0286. The summed E-state index contributed by atoms with van der Waals surface area (Å²) < 4.78 is 8.14. The molecular weight excluding hydrogens is 260 g/mol. The van der Waals surface area contributed by atoms with Crippen LogP contribution in [0.15, 0.2) is 42.7 Å². The van der Waals surface area contributed by atoms with Crippen LogP contribution in [0.1, 0.15) is 44.0 Å². The van der Waals surface area contributed by atoms with Crippen LogP contribution in [0.2, 0.25) is 0 Å². The molecule has 1 aromatic heterocycles. The quantitative estimate of drug-likeness (QED) is 0.854. The number of nitrogens with zero attached hydrogens (tertiary/aromatic N) is 2. The Labute approximate surface area is 127 Å². The normalized spacial score (nSPS) is 21.3. The Kier molecular flexibility index (Phi) is 4.11. The van der Waals surface area contributed by atoms with Gasteiger partial charge in [-0.1, -0.05) is 30.3 Å². The lowest BCUT2D eigenvalue weighted by atomic mass is 9.88. The first-order chi connectivity index (χ1) is 10.1. The summed E-state index contributed by atoms with van der Waals surface area (Å²) in [5.41, 5.74) is 1.35. The van der Waals surface area contributed by atoms with Crippen molar-refractivity contribution in [3.8, 4) is 0 Å². The van der Waals surface area contributed by atoms with Gasteiger partial charge < -0.3 is 9.30 Å². The number of rotatable bonds is 4. The monoisotopic (exact) mass is 284 g/mol. The van der Waals surface area contributed by atoms with Crippen LogP contribution >= 0.6 is 0 Å². The Bertz CT molecular complexity index is 574. The van der Waals surface area contributed by atoms with Crippen LogP contribution in [0.4, 0.5) is 0 Å². The van der Waals surface area contributed by atoms with Crippen LogP contribution in [0.25, 0.3) is 0 Å². The first-order valence-electron chi connectivity index (χ1n) is 7.83. The van der Waals surface area contributed by atoms with Gasteiger partial charge in [0.1, 0.15) is 5.82 Å². The highest BCUT2D eigenvalue weighted by atomic mass is 16.5. The third kappa shape index (κ3) is 3.53. The molecule has 0 radical (unpaired) electrons. The third-order valence-corrected chi connectivity index (χ3v) is 4.29. The minimum absolute atomic E-state index is 0.0286. The fourth-order valence-corrected chi connectivity index (χ4v) is 3.22. The predicted octanol–water partition coefficient (Wildman–Crippen LogP) is 3.80. The standard InChI is InChI=1S/C18H24N2O/c1-18(2)14-16(9-13-21-18)17-19-10-12-20(17)11-8-15-6-4-3-5-7-15/h3-7,10,12,16H,8-9,11,13-14H2,1-2H3/t16-/m1/s1. The van der Waals surface area contributed by atoms with Crippen molar-refractivity contribution in [1.82, 2.24) is 9.55 Å². The van der Waals surface area contributed by atoms with Gasteiger partial charge >= 0.3 is 0 Å². The maximum absolute atomic E-state index is 5.83. The van der Waals surface area contributed by atoms with E-state index in [-0.39, 0.29) is 5.60 Å². The van der Waals surface area contributed by atoms with Crippen LogP contribution in [-0.4, -0.2) is 21.8 Å². The fraction of sp³-hybridized carbons (Fsp3) is 0.500. The summed E-state index contributed by atoms with van der Waals surface area (Å²) in [4.78, 5) is 4.63. The summed E-state index contributed by atoms with van der Waals surface area (Å²) in [7, 11) is 0. The number of hydrogen-bond acceptors (Lipinski definition) is 2. The molecule has 1 fully saturated rings. The lowest BCUT2D eigenvalue weighted by Gasteiger charge is -2.35. The zero-order valence-electron chi connectivity index (χ0n) is 13.0. The van der Waals surface area contributed by atoms with Crippen molar-refractivity contribution in [2.24, 2.45) is 0 Å². The van der Waals surface area contributed by atoms with Gasteiger partial charge in [-0.3, -0.25) is 0 Å². The fourth-order valence-electron chi connectivity index (χ4n) is 3.22. The maximum atomic E-state index is 5.83. The van der Waals surface area contributed by atoms with Crippen molar-refractivity contribution in [2.45, 2.75) is 51.2 Å². The number of imidazole rings is 1. The highest BCUT2D eigenvalue weighted by Crippen LogP contribution is 2.34. The van der Waals surface area contributed by atoms with E-state index >= 15 is 0 Å². The summed E-state index contributed by atoms with van der Waals surface area (Å²) in [6, 6.07) is 10.6. The largest absolute Gasteiger partial charge is 0.376 e. The first-order valence-corrected chi connectivity index (χ1v) is 7.83. The summed E-state index contributed by atoms with van der Waals surface area (Å²) in [6.45, 7) is 6.19. The van der Waals surface area contributed by atoms with E-state index in [9.17, 15) is 0 Å². The molecule has 0 aliphatic carbocycles. The van der Waals surface area contributed by atoms with Crippen molar-refractivity contribution in [1.29, 1.82) is 0 Å². The van der Waals surface area contributed by atoms with Gasteiger partial charge in [0.05, 0.1) is 5.60 Å². The summed E-state index contributed by atoms with van der Waals surface area (Å²) >= 11 is 0. The van der Waals surface area contributed by atoms with E-state index in [0.717, 1.165) is 32.4 Å². The molecule has 3 nitrogen and oxygen atoms in total. The van der Waals surface area contributed by atoms with Gasteiger partial charge in [0.15, 0.2) is 0 Å². The average Bonchev–Trinajstić information content (AvgIpc) is 2.93. The molecule has 0 saturated carbocycles. The van der Waals surface area contributed by atoms with Crippen molar-refractivity contribution >= 4 is 0 Å². The van der Waals surface area contributed by atoms with Gasteiger partial charge in [-0.05, 0) is 38.7 Å². The highest BCUT2D eigenvalue weighted by Gasteiger charge is 2.31. The molecule has 3 heteroatoms. The second kappa shape index (κ2) is 6.02. The molecule has 1 aromatic carbocycles. The molecule has 1 saturated heterocycles. The molecule has 0 N–H and O–H groups in total. The number of ether oxygens (including phenoxy) is 1. The summed E-state index contributed by atoms with van der Waals surface area (Å²) in [5, 5.41) is 0. The van der Waals surface area contributed by atoms with Crippen LogP contribution < -0.4 is 0 Å². The van der Waals surface area contributed by atoms with Gasteiger partial charge in [0.25, 0.3) is 0 Å². The number of aromatic nitrogens is 2. The molecule has 3 rings (SSSR count). The summed E-state index contributed by atoms with van der Waals surface area (Å²) in [6.07, 6.45) is 7.22. The minimum Gasteiger partial charge on any atom is -0.376 e. The molecule has 0 spiro atoms. The molecule has 0 bridgehead atoms. The molecule has 112 valence electrons. The molecular formula is C18H24N2O. The van der Waals surface area contributed by atoms with Gasteiger partial charge in [-0.15, -0.1) is 0 Å². The van der Waals surface area contributed by atoms with Crippen LogP contribution in [-0.2, 0) is 17.7 Å². The van der Waals surface area contributed by atoms with Crippen LogP contribution in [0, 0.1) is 0 Å². The molecule has 1 aliphatic rings. The number of hydrogen-bond donors (Lipinski definition) is 0. The van der Waals surface area contributed by atoms with Crippen molar-refractivity contribution in [2.75, 3.05) is 6.61 Å². The Morgan fingerprint density at radius 3 is 2.86 bits per heavy atom. The predicted molar refractivity (Wildman–Crippen MR) is 84.4 cm³/mol. The van der Waals surface area contributed by atoms with Crippen molar-refractivity contribution < 1.29 is 4.74 Å². The van der Waals surface area contributed by atoms with Gasteiger partial charge in [0, 0.05) is 31.5 Å². The van der Waals surface area contributed by atoms with E-state index in [1.165, 1.54) is 11.4 Å². The van der Waals surface area contributed by atoms with Gasteiger partial charge in [0.2, 0.25) is 0 Å². The average molecular weight is 284 g/mol. The molecule has 0 amide bonds. The van der Waals surface area contributed by atoms with E-state index in [2.05, 4.69) is 59.9 Å². The van der Waals surface area contributed by atoms with Crippen molar-refractivity contribution in [3.05, 3.63) is 54.1 Å². The Hall–Kier alpha value is -1.61. The lowest BCUT2D eigenvalue weighted by Crippen LogP contribution is -2.34. The molecule has 2 heterocycles. The van der Waals surface area contributed by atoms with E-state index in [4.69, 9.17) is 4.74 Å². The van der Waals surface area contributed by atoms with Crippen LogP contribution in [0.3, 0.4) is 0 Å². The second-order valence-corrected chi connectivity index (χ2v) is 6.51. The second-order valence-electron chi connectivity index (χ2n) is 6.51. The topological polar surface area (TPSA) is 27.1 Å². The number of aryl methyl sites for hydroxylation is 2.